The Bertz CT molecular complexity index is 1080. The molecule has 4 N–H and O–H groups in total. The minimum absolute atomic E-state index is 0.0460. The molecule has 2 atom stereocenters. The molecule has 4 rings (SSSR count). The number of fused-ring (bicyclic) bond motifs is 1. The lowest BCUT2D eigenvalue weighted by Crippen LogP contribution is -2.39. The molecule has 33 heavy (non-hydrogen) atoms. The summed E-state index contributed by atoms with van der Waals surface area (Å²) in [6, 6.07) is 12.4. The van der Waals surface area contributed by atoms with Gasteiger partial charge in [-0.3, -0.25) is 19.3 Å². The highest BCUT2D eigenvalue weighted by molar-refractivity contribution is 8.00. The number of anilines is 1. The van der Waals surface area contributed by atoms with Crippen LogP contribution in [0.5, 0.6) is 0 Å². The Morgan fingerprint density at radius 3 is 2.85 bits per heavy atom. The van der Waals surface area contributed by atoms with Crippen molar-refractivity contribution in [1.82, 2.24) is 9.80 Å². The van der Waals surface area contributed by atoms with Crippen molar-refractivity contribution < 1.29 is 19.5 Å². The Balaban J connectivity index is 1.55. The van der Waals surface area contributed by atoms with Gasteiger partial charge in [-0.1, -0.05) is 18.2 Å². The van der Waals surface area contributed by atoms with Crippen molar-refractivity contribution in [3.8, 4) is 0 Å². The average molecular weight is 469 g/mol. The number of hydrogen-bond donors (Lipinski definition) is 3. The Morgan fingerprint density at radius 1 is 1.30 bits per heavy atom. The molecule has 0 spiro atoms. The monoisotopic (exact) mass is 468 g/mol. The van der Waals surface area contributed by atoms with Crippen LogP contribution in [-0.2, 0) is 16.0 Å². The lowest BCUT2D eigenvalue weighted by molar-refractivity contribution is -0.131. The number of benzene rings is 2. The van der Waals surface area contributed by atoms with Gasteiger partial charge in [-0.25, -0.2) is 0 Å². The van der Waals surface area contributed by atoms with Crippen LogP contribution in [0.25, 0.3) is 0 Å². The van der Waals surface area contributed by atoms with Gasteiger partial charge in [-0.15, -0.1) is 11.8 Å². The van der Waals surface area contributed by atoms with Gasteiger partial charge >= 0.3 is 0 Å². The third kappa shape index (κ3) is 5.55. The third-order valence-electron chi connectivity index (χ3n) is 6.13. The molecule has 0 bridgehead atoms. The number of carbonyl (C=O) groups is 3. The summed E-state index contributed by atoms with van der Waals surface area (Å²) in [5.74, 6) is -0.255. The molecule has 0 saturated carbocycles. The number of rotatable bonds is 7. The Labute approximate surface area is 197 Å². The number of nitrogens with one attached hydrogen (secondary N) is 1. The van der Waals surface area contributed by atoms with Crippen LogP contribution < -0.4 is 11.1 Å². The summed E-state index contributed by atoms with van der Waals surface area (Å²) in [6.07, 6.45) is 0.510. The number of β-amino-alcohol motifs (C(OH)–C–C–N with tert-alkyl or cyclic N) is 1. The minimum Gasteiger partial charge on any atom is -0.392 e. The second kappa shape index (κ2) is 9.94. The molecule has 1 fully saturated rings. The molecule has 0 aromatic heterocycles. The highest BCUT2D eigenvalue weighted by Crippen LogP contribution is 2.32. The molecule has 8 nitrogen and oxygen atoms in total. The summed E-state index contributed by atoms with van der Waals surface area (Å²) in [5, 5.41) is 12.8. The molecule has 2 aliphatic rings. The van der Waals surface area contributed by atoms with E-state index in [0.717, 1.165) is 28.3 Å². The van der Waals surface area contributed by atoms with E-state index in [9.17, 15) is 19.5 Å². The van der Waals surface area contributed by atoms with E-state index in [1.807, 2.05) is 24.3 Å². The number of nitrogens with two attached hydrogens (primary N) is 1. The van der Waals surface area contributed by atoms with Crippen molar-refractivity contribution in [3.63, 3.8) is 0 Å². The summed E-state index contributed by atoms with van der Waals surface area (Å²) in [7, 11) is 1.76. The van der Waals surface area contributed by atoms with Gasteiger partial charge in [-0.05, 0) is 41.8 Å². The molecule has 9 heteroatoms. The highest BCUT2D eigenvalue weighted by Gasteiger charge is 2.29. The second-order valence-electron chi connectivity index (χ2n) is 8.56. The molecule has 1 saturated heterocycles. The van der Waals surface area contributed by atoms with Crippen molar-refractivity contribution in [1.29, 1.82) is 0 Å². The summed E-state index contributed by atoms with van der Waals surface area (Å²) in [5.41, 5.74) is 8.23. The van der Waals surface area contributed by atoms with Crippen LogP contribution in [0.4, 0.5) is 5.69 Å². The lowest BCUT2D eigenvalue weighted by atomic mass is 10.0. The standard InChI is InChI=1S/C24H28N4O4S/c1-27(23(31)10-15-5-6-21-19(9-15)26-22(30)14-33-21)20(13-28-8-7-18(29)12-28)16-3-2-4-17(11-16)24(25)32/h2-6,9,11,18,20,29H,7-8,10,12-14H2,1H3,(H2,25,32)(H,26,30)/t18-,20-/m1/s1. The fourth-order valence-corrected chi connectivity index (χ4v) is 5.08. The number of likely N-dealkylation sites (N-methyl/N-ethyl adjacent to an activating group) is 1. The normalized spacial score (nSPS) is 19.0. The molecule has 2 aliphatic heterocycles. The zero-order valence-electron chi connectivity index (χ0n) is 18.5. The Hall–Kier alpha value is -2.88. The van der Waals surface area contributed by atoms with Crippen LogP contribution in [0.1, 0.15) is 33.9 Å². The molecule has 3 amide bonds. The van der Waals surface area contributed by atoms with E-state index >= 15 is 0 Å². The molecular weight excluding hydrogens is 440 g/mol. The van der Waals surface area contributed by atoms with E-state index < -0.39 is 5.91 Å². The molecule has 0 aliphatic carbocycles. The van der Waals surface area contributed by atoms with Crippen LogP contribution in [-0.4, -0.2) is 71.2 Å². The van der Waals surface area contributed by atoms with Gasteiger partial charge in [0, 0.05) is 37.1 Å². The first-order valence-electron chi connectivity index (χ1n) is 10.9. The summed E-state index contributed by atoms with van der Waals surface area (Å²) in [6.45, 7) is 1.84. The Morgan fingerprint density at radius 2 is 2.12 bits per heavy atom. The summed E-state index contributed by atoms with van der Waals surface area (Å²) < 4.78 is 0. The number of aliphatic hydroxyl groups excluding tert-OH is 1. The number of primary amides is 1. The van der Waals surface area contributed by atoms with Crippen molar-refractivity contribution >= 4 is 35.2 Å². The maximum atomic E-state index is 13.3. The van der Waals surface area contributed by atoms with Crippen LogP contribution in [0.15, 0.2) is 47.4 Å². The van der Waals surface area contributed by atoms with Gasteiger partial charge < -0.3 is 21.1 Å². The van der Waals surface area contributed by atoms with Gasteiger partial charge in [0.15, 0.2) is 0 Å². The van der Waals surface area contributed by atoms with Crippen molar-refractivity contribution in [2.45, 2.75) is 29.9 Å². The maximum Gasteiger partial charge on any atom is 0.248 e. The van der Waals surface area contributed by atoms with E-state index in [-0.39, 0.29) is 30.4 Å². The SMILES string of the molecule is CN(C(=O)Cc1ccc2c(c1)NC(=O)CS2)[C@H](CN1CC[C@@H](O)C1)c1cccc(C(N)=O)c1. The maximum absolute atomic E-state index is 13.3. The third-order valence-corrected chi connectivity index (χ3v) is 7.20. The zero-order valence-corrected chi connectivity index (χ0v) is 19.3. The lowest BCUT2D eigenvalue weighted by Gasteiger charge is -2.32. The van der Waals surface area contributed by atoms with Gasteiger partial charge in [0.1, 0.15) is 0 Å². The van der Waals surface area contributed by atoms with Crippen LogP contribution >= 0.6 is 11.8 Å². The van der Waals surface area contributed by atoms with Crippen molar-refractivity contribution in [2.24, 2.45) is 5.73 Å². The van der Waals surface area contributed by atoms with Crippen LogP contribution in [0.2, 0.25) is 0 Å². The number of thioether (sulfide) groups is 1. The number of carbonyl (C=O) groups excluding carboxylic acids is 3. The summed E-state index contributed by atoms with van der Waals surface area (Å²) in [4.78, 5) is 41.5. The molecule has 2 aromatic rings. The van der Waals surface area contributed by atoms with Gasteiger partial charge in [0.25, 0.3) is 0 Å². The van der Waals surface area contributed by atoms with E-state index in [4.69, 9.17) is 5.73 Å². The molecular formula is C24H28N4O4S. The van der Waals surface area contributed by atoms with Crippen molar-refractivity contribution in [3.05, 3.63) is 59.2 Å². The molecule has 2 heterocycles. The highest BCUT2D eigenvalue weighted by atomic mass is 32.2. The van der Waals surface area contributed by atoms with Gasteiger partial charge in [0.2, 0.25) is 17.7 Å². The molecule has 2 aromatic carbocycles. The van der Waals surface area contributed by atoms with Gasteiger partial charge in [0.05, 0.1) is 30.0 Å². The van der Waals surface area contributed by atoms with E-state index in [1.54, 1.807) is 30.1 Å². The number of aliphatic hydroxyl groups is 1. The minimum atomic E-state index is -0.518. The zero-order chi connectivity index (χ0) is 23.5. The van der Waals surface area contributed by atoms with E-state index in [2.05, 4.69) is 10.2 Å². The smallest absolute Gasteiger partial charge is 0.248 e. The fraction of sp³-hybridized carbons (Fsp3) is 0.375. The molecule has 0 unspecified atom stereocenters. The average Bonchev–Trinajstić information content (AvgIpc) is 3.21. The fourth-order valence-electron chi connectivity index (χ4n) is 4.29. The number of likely N-dealkylation sites (tertiary alicyclic amines) is 1. The first-order valence-corrected chi connectivity index (χ1v) is 11.9. The number of hydrogen-bond acceptors (Lipinski definition) is 6. The first-order chi connectivity index (χ1) is 15.8. The number of amides is 3. The topological polar surface area (TPSA) is 116 Å². The predicted octanol–water partition coefficient (Wildman–Crippen LogP) is 1.64. The van der Waals surface area contributed by atoms with Gasteiger partial charge in [-0.2, -0.15) is 0 Å². The predicted molar refractivity (Wildman–Crippen MR) is 127 cm³/mol. The Kier molecular flexibility index (Phi) is 7.02. The summed E-state index contributed by atoms with van der Waals surface area (Å²) >= 11 is 1.48. The number of nitrogens with zero attached hydrogens (tertiary/aromatic N) is 2. The molecule has 0 radical (unpaired) electrons. The quantitative estimate of drug-likeness (QED) is 0.569. The van der Waals surface area contributed by atoms with Crippen LogP contribution in [0.3, 0.4) is 0 Å². The van der Waals surface area contributed by atoms with Crippen LogP contribution in [0, 0.1) is 0 Å². The van der Waals surface area contributed by atoms with E-state index in [1.165, 1.54) is 11.8 Å². The van der Waals surface area contributed by atoms with Crippen molar-refractivity contribution in [2.75, 3.05) is 37.8 Å². The second-order valence-corrected chi connectivity index (χ2v) is 9.57. The van der Waals surface area contributed by atoms with E-state index in [0.29, 0.717) is 30.8 Å². The largest absolute Gasteiger partial charge is 0.392 e. The first kappa shape index (κ1) is 23.3. The molecule has 174 valence electrons.